The Morgan fingerprint density at radius 2 is 1.68 bits per heavy atom. The Morgan fingerprint density at radius 3 is 2.49 bits per heavy atom. The Hall–Kier alpha value is -4.91. The summed E-state index contributed by atoms with van der Waals surface area (Å²) < 4.78 is 7.95. The number of aromatic nitrogens is 2. The number of anilines is 2. The first-order valence-corrected chi connectivity index (χ1v) is 12.3. The summed E-state index contributed by atoms with van der Waals surface area (Å²) in [5.41, 5.74) is 6.81. The van der Waals surface area contributed by atoms with E-state index in [1.165, 1.54) is 0 Å². The number of rotatable bonds is 3. The number of aryl methyl sites for hydroxylation is 2. The van der Waals surface area contributed by atoms with Gasteiger partial charge in [0, 0.05) is 5.69 Å². The van der Waals surface area contributed by atoms with Gasteiger partial charge in [0.1, 0.15) is 11.8 Å². The Bertz CT molecular complexity index is 1680. The van der Waals surface area contributed by atoms with E-state index in [1.807, 2.05) is 84.4 Å². The second-order valence-electron chi connectivity index (χ2n) is 9.24. The molecule has 2 aliphatic heterocycles. The molecular formula is C30H24N6O. The van der Waals surface area contributed by atoms with Crippen molar-refractivity contribution in [3.05, 3.63) is 120 Å². The number of amidine groups is 2. The highest BCUT2D eigenvalue weighted by atomic mass is 16.3. The molecule has 7 nitrogen and oxygen atoms in total. The van der Waals surface area contributed by atoms with Crippen molar-refractivity contribution < 1.29 is 4.42 Å². The van der Waals surface area contributed by atoms with Crippen LogP contribution in [-0.2, 0) is 0 Å². The summed E-state index contributed by atoms with van der Waals surface area (Å²) in [5, 5.41) is 8.48. The maximum absolute atomic E-state index is 6.04. The monoisotopic (exact) mass is 484 g/mol. The molecule has 0 saturated carbocycles. The lowest BCUT2D eigenvalue weighted by Crippen LogP contribution is -2.46. The molecule has 180 valence electrons. The minimum Gasteiger partial charge on any atom is -0.467 e. The molecule has 4 heterocycles. The quantitative estimate of drug-likeness (QED) is 0.303. The van der Waals surface area contributed by atoms with Crippen molar-refractivity contribution in [1.82, 2.24) is 9.78 Å². The first-order chi connectivity index (χ1) is 18.2. The first-order valence-electron chi connectivity index (χ1n) is 12.3. The fourth-order valence-electron chi connectivity index (χ4n) is 5.12. The number of hydrogen-bond acceptors (Lipinski definition) is 6. The number of fused-ring (bicyclic) bond motifs is 4. The minimum absolute atomic E-state index is 0.263. The topological polar surface area (TPSA) is 71.0 Å². The summed E-state index contributed by atoms with van der Waals surface area (Å²) in [5.74, 6) is 2.97. The van der Waals surface area contributed by atoms with E-state index in [0.717, 1.165) is 51.1 Å². The van der Waals surface area contributed by atoms with Gasteiger partial charge in [0.25, 0.3) is 0 Å². The summed E-state index contributed by atoms with van der Waals surface area (Å²) in [6, 6.07) is 30.2. The molecule has 7 heteroatoms. The smallest absolute Gasteiger partial charge is 0.179 e. The van der Waals surface area contributed by atoms with E-state index in [0.29, 0.717) is 11.7 Å². The van der Waals surface area contributed by atoms with Crippen molar-refractivity contribution in [2.45, 2.75) is 19.9 Å². The molecule has 1 unspecified atom stereocenters. The fraction of sp³-hybridized carbons (Fsp3) is 0.100. The largest absolute Gasteiger partial charge is 0.467 e. The number of para-hydroxylation sites is 3. The summed E-state index contributed by atoms with van der Waals surface area (Å²) >= 11 is 0. The number of nitrogens with one attached hydrogen (secondary N) is 1. The van der Waals surface area contributed by atoms with E-state index in [4.69, 9.17) is 19.5 Å². The number of furan rings is 1. The van der Waals surface area contributed by atoms with Gasteiger partial charge in [0.2, 0.25) is 0 Å². The standard InChI is InChI=1S/C30H24N6O/c1-19-10-8-11-21(18-19)31-28-30-33-29-26(20(2)34-36(29)22-12-4-3-5-13-22)27(25-16-9-17-37-25)35(30)24-15-7-6-14-23(24)32-28/h3-18,27H,1-2H3,(H,31,32). The molecule has 0 amide bonds. The molecular weight excluding hydrogens is 460 g/mol. The fourth-order valence-corrected chi connectivity index (χ4v) is 5.12. The molecule has 0 radical (unpaired) electrons. The van der Waals surface area contributed by atoms with Crippen LogP contribution in [0.25, 0.3) is 5.69 Å². The van der Waals surface area contributed by atoms with Gasteiger partial charge >= 0.3 is 0 Å². The van der Waals surface area contributed by atoms with E-state index in [1.54, 1.807) is 6.26 Å². The molecule has 0 bridgehead atoms. The summed E-state index contributed by atoms with van der Waals surface area (Å²) in [6.07, 6.45) is 1.72. The van der Waals surface area contributed by atoms with Crippen LogP contribution in [-0.4, -0.2) is 21.5 Å². The van der Waals surface area contributed by atoms with Gasteiger partial charge in [-0.2, -0.15) is 5.10 Å². The Morgan fingerprint density at radius 1 is 0.838 bits per heavy atom. The molecule has 37 heavy (non-hydrogen) atoms. The molecule has 7 rings (SSSR count). The molecule has 3 aromatic carbocycles. The highest BCUT2D eigenvalue weighted by Gasteiger charge is 2.42. The van der Waals surface area contributed by atoms with Crippen LogP contribution in [0.1, 0.15) is 28.6 Å². The summed E-state index contributed by atoms with van der Waals surface area (Å²) in [4.78, 5) is 12.5. The molecule has 1 atom stereocenters. The van der Waals surface area contributed by atoms with Crippen molar-refractivity contribution in [2.24, 2.45) is 9.98 Å². The maximum Gasteiger partial charge on any atom is 0.179 e. The Balaban J connectivity index is 1.49. The molecule has 0 aliphatic carbocycles. The van der Waals surface area contributed by atoms with Gasteiger partial charge in [-0.05, 0) is 67.9 Å². The van der Waals surface area contributed by atoms with Gasteiger partial charge in [-0.1, -0.05) is 42.5 Å². The highest BCUT2D eigenvalue weighted by molar-refractivity contribution is 6.51. The lowest BCUT2D eigenvalue weighted by atomic mass is 9.98. The zero-order chi connectivity index (χ0) is 24.9. The van der Waals surface area contributed by atoms with Gasteiger partial charge in [0.15, 0.2) is 17.5 Å². The van der Waals surface area contributed by atoms with Gasteiger partial charge in [0.05, 0.1) is 34.6 Å². The van der Waals surface area contributed by atoms with Gasteiger partial charge in [-0.15, -0.1) is 0 Å². The van der Waals surface area contributed by atoms with Crippen LogP contribution >= 0.6 is 0 Å². The third kappa shape index (κ3) is 3.47. The van der Waals surface area contributed by atoms with Gasteiger partial charge in [-0.3, -0.25) is 0 Å². The molecule has 5 aromatic rings. The third-order valence-electron chi connectivity index (χ3n) is 6.73. The predicted octanol–water partition coefficient (Wildman–Crippen LogP) is 6.88. The van der Waals surface area contributed by atoms with E-state index in [2.05, 4.69) is 35.3 Å². The van der Waals surface area contributed by atoms with Crippen LogP contribution in [0.15, 0.2) is 112 Å². The summed E-state index contributed by atoms with van der Waals surface area (Å²) in [7, 11) is 0. The lowest BCUT2D eigenvalue weighted by molar-refractivity contribution is 0.487. The first kappa shape index (κ1) is 21.4. The van der Waals surface area contributed by atoms with Crippen LogP contribution in [0, 0.1) is 13.8 Å². The van der Waals surface area contributed by atoms with Gasteiger partial charge < -0.3 is 14.6 Å². The van der Waals surface area contributed by atoms with E-state index in [9.17, 15) is 0 Å². The molecule has 0 spiro atoms. The average molecular weight is 485 g/mol. The van der Waals surface area contributed by atoms with Crippen LogP contribution < -0.4 is 10.2 Å². The second-order valence-corrected chi connectivity index (χ2v) is 9.24. The van der Waals surface area contributed by atoms with Crippen LogP contribution in [0.4, 0.5) is 22.9 Å². The van der Waals surface area contributed by atoms with Crippen molar-refractivity contribution in [2.75, 3.05) is 10.2 Å². The van der Waals surface area contributed by atoms with E-state index >= 15 is 0 Å². The van der Waals surface area contributed by atoms with Crippen molar-refractivity contribution in [3.8, 4) is 5.69 Å². The number of hydrogen-bond donors (Lipinski definition) is 1. The number of nitrogens with zero attached hydrogens (tertiary/aromatic N) is 5. The molecule has 2 aromatic heterocycles. The van der Waals surface area contributed by atoms with Crippen molar-refractivity contribution >= 4 is 34.6 Å². The summed E-state index contributed by atoms with van der Waals surface area (Å²) in [6.45, 7) is 4.11. The van der Waals surface area contributed by atoms with E-state index in [-0.39, 0.29) is 6.04 Å². The van der Waals surface area contributed by atoms with Crippen LogP contribution in [0.2, 0.25) is 0 Å². The van der Waals surface area contributed by atoms with Crippen molar-refractivity contribution in [1.29, 1.82) is 0 Å². The Labute approximate surface area is 214 Å². The minimum atomic E-state index is -0.263. The molecule has 1 N–H and O–H groups in total. The molecule has 0 saturated heterocycles. The normalized spacial score (nSPS) is 15.8. The maximum atomic E-state index is 6.04. The average Bonchev–Trinajstić information content (AvgIpc) is 3.57. The number of benzene rings is 3. The zero-order valence-corrected chi connectivity index (χ0v) is 20.5. The highest BCUT2D eigenvalue weighted by Crippen LogP contribution is 2.48. The molecule has 0 fully saturated rings. The predicted molar refractivity (Wildman–Crippen MR) is 147 cm³/mol. The Kier molecular flexibility index (Phi) is 4.82. The zero-order valence-electron chi connectivity index (χ0n) is 20.5. The second kappa shape index (κ2) is 8.34. The van der Waals surface area contributed by atoms with Gasteiger partial charge in [-0.25, -0.2) is 14.7 Å². The van der Waals surface area contributed by atoms with Crippen molar-refractivity contribution in [3.63, 3.8) is 0 Å². The molecule has 2 aliphatic rings. The number of aliphatic imine (C=N–C) groups is 2. The van der Waals surface area contributed by atoms with Crippen LogP contribution in [0.5, 0.6) is 0 Å². The SMILES string of the molecule is Cc1cccc(NC2=Nc3ccccc3N3C2=Nc2c(c(C)nn2-c2ccccc2)C3c2ccco2)c1. The van der Waals surface area contributed by atoms with Crippen LogP contribution in [0.3, 0.4) is 0 Å². The third-order valence-corrected chi connectivity index (χ3v) is 6.73. The lowest BCUT2D eigenvalue weighted by Gasteiger charge is -2.39. The van der Waals surface area contributed by atoms with E-state index < -0.39 is 0 Å².